The van der Waals surface area contributed by atoms with E-state index in [0.29, 0.717) is 0 Å². The molecule has 1 aromatic heterocycles. The normalized spacial score (nSPS) is 11.3. The summed E-state index contributed by atoms with van der Waals surface area (Å²) in [4.78, 5) is 4.57. The van der Waals surface area contributed by atoms with Gasteiger partial charge in [-0.15, -0.1) is 0 Å². The number of fused-ring (bicyclic) bond motifs is 4. The van der Waals surface area contributed by atoms with Crippen molar-refractivity contribution in [2.75, 3.05) is 0 Å². The molecule has 0 aliphatic carbocycles. The molecule has 0 aliphatic heterocycles. The molecule has 1 heterocycles. The molecule has 5 rings (SSSR count). The Morgan fingerprint density at radius 1 is 0.542 bits per heavy atom. The third kappa shape index (κ3) is 1.99. The molecule has 0 radical (unpaired) electrons. The van der Waals surface area contributed by atoms with Crippen LogP contribution in [-0.2, 0) is 0 Å². The van der Waals surface area contributed by atoms with Gasteiger partial charge in [-0.25, -0.2) is 0 Å². The number of nitrogens with zero attached hydrogens (tertiary/aromatic N) is 1. The third-order valence-electron chi connectivity index (χ3n) is 4.67. The molecule has 112 valence electrons. The summed E-state index contributed by atoms with van der Waals surface area (Å²) < 4.78 is 0. The van der Waals surface area contributed by atoms with Gasteiger partial charge in [0.1, 0.15) is 0 Å². The zero-order valence-electron chi connectivity index (χ0n) is 13.1. The van der Waals surface area contributed by atoms with Crippen LogP contribution in [0.2, 0.25) is 0 Å². The first-order valence-corrected chi connectivity index (χ1v) is 8.16. The fraction of sp³-hybridized carbons (Fsp3) is 0. The largest absolute Gasteiger partial charge is 0.256 e. The van der Waals surface area contributed by atoms with Gasteiger partial charge in [0, 0.05) is 11.8 Å². The highest BCUT2D eigenvalue weighted by Crippen LogP contribution is 2.35. The molecule has 1 heteroatoms. The maximum absolute atomic E-state index is 4.57. The molecule has 0 spiro atoms. The van der Waals surface area contributed by atoms with E-state index in [1.54, 1.807) is 0 Å². The molecule has 5 aromatic rings. The summed E-state index contributed by atoms with van der Waals surface area (Å²) in [6.07, 6.45) is 1.86. The molecule has 0 saturated carbocycles. The quantitative estimate of drug-likeness (QED) is 0.265. The van der Waals surface area contributed by atoms with Gasteiger partial charge in [-0.2, -0.15) is 0 Å². The molecule has 1 nitrogen and oxygen atoms in total. The summed E-state index contributed by atoms with van der Waals surface area (Å²) in [5, 5.41) is 7.63. The minimum absolute atomic E-state index is 1.02. The van der Waals surface area contributed by atoms with Gasteiger partial charge >= 0.3 is 0 Å². The Morgan fingerprint density at radius 3 is 2.12 bits per heavy atom. The van der Waals surface area contributed by atoms with Crippen LogP contribution in [0.5, 0.6) is 0 Å². The third-order valence-corrected chi connectivity index (χ3v) is 4.67. The number of benzene rings is 4. The van der Waals surface area contributed by atoms with Crippen LogP contribution in [0.3, 0.4) is 0 Å². The number of rotatable bonds is 1. The Hall–Kier alpha value is -3.19. The van der Waals surface area contributed by atoms with Crippen molar-refractivity contribution in [2.45, 2.75) is 0 Å². The first-order valence-electron chi connectivity index (χ1n) is 8.16. The van der Waals surface area contributed by atoms with Gasteiger partial charge in [0.15, 0.2) is 0 Å². The maximum Gasteiger partial charge on any atom is 0.0708 e. The lowest BCUT2D eigenvalue weighted by Crippen LogP contribution is -1.86. The molecule has 0 fully saturated rings. The second-order valence-corrected chi connectivity index (χ2v) is 6.10. The van der Waals surface area contributed by atoms with E-state index in [0.717, 1.165) is 5.69 Å². The molecule has 0 unspecified atom stereocenters. The van der Waals surface area contributed by atoms with Gasteiger partial charge in [-0.1, -0.05) is 60.7 Å². The van der Waals surface area contributed by atoms with Gasteiger partial charge in [0.25, 0.3) is 0 Å². The van der Waals surface area contributed by atoms with E-state index in [4.69, 9.17) is 0 Å². The van der Waals surface area contributed by atoms with Crippen molar-refractivity contribution in [1.82, 2.24) is 4.98 Å². The molecule has 0 N–H and O–H groups in total. The minimum atomic E-state index is 1.02. The minimum Gasteiger partial charge on any atom is -0.256 e. The highest BCUT2D eigenvalue weighted by atomic mass is 14.7. The first-order chi connectivity index (χ1) is 11.9. The van der Waals surface area contributed by atoms with Crippen molar-refractivity contribution < 1.29 is 0 Å². The van der Waals surface area contributed by atoms with Crippen LogP contribution < -0.4 is 0 Å². The van der Waals surface area contributed by atoms with Crippen molar-refractivity contribution >= 4 is 32.3 Å². The molecule has 0 aliphatic rings. The maximum atomic E-state index is 4.57. The van der Waals surface area contributed by atoms with Crippen molar-refractivity contribution in [2.24, 2.45) is 0 Å². The molecular weight excluding hydrogens is 290 g/mol. The van der Waals surface area contributed by atoms with E-state index in [-0.39, 0.29) is 0 Å². The van der Waals surface area contributed by atoms with Crippen LogP contribution in [0.4, 0.5) is 0 Å². The van der Waals surface area contributed by atoms with E-state index in [1.807, 2.05) is 18.3 Å². The average molecular weight is 305 g/mol. The first kappa shape index (κ1) is 13.3. The summed E-state index contributed by atoms with van der Waals surface area (Å²) in [5.74, 6) is 0. The van der Waals surface area contributed by atoms with E-state index in [9.17, 15) is 0 Å². The topological polar surface area (TPSA) is 12.9 Å². The molecule has 24 heavy (non-hydrogen) atoms. The fourth-order valence-electron chi connectivity index (χ4n) is 3.54. The van der Waals surface area contributed by atoms with E-state index >= 15 is 0 Å². The summed E-state index contributed by atoms with van der Waals surface area (Å²) >= 11 is 0. The van der Waals surface area contributed by atoms with Crippen LogP contribution in [0.15, 0.2) is 91.1 Å². The van der Waals surface area contributed by atoms with E-state index in [2.05, 4.69) is 77.8 Å². The second-order valence-electron chi connectivity index (χ2n) is 6.10. The van der Waals surface area contributed by atoms with Crippen molar-refractivity contribution in [1.29, 1.82) is 0 Å². The lowest BCUT2D eigenvalue weighted by molar-refractivity contribution is 1.33. The highest BCUT2D eigenvalue weighted by molar-refractivity contribution is 6.16. The summed E-state index contributed by atoms with van der Waals surface area (Å²) in [5.41, 5.74) is 2.21. The second kappa shape index (κ2) is 5.17. The summed E-state index contributed by atoms with van der Waals surface area (Å²) in [6, 6.07) is 30.1. The monoisotopic (exact) mass is 305 g/mol. The molecule has 0 atom stereocenters. The smallest absolute Gasteiger partial charge is 0.0708 e. The van der Waals surface area contributed by atoms with Crippen LogP contribution in [0, 0.1) is 0 Å². The summed E-state index contributed by atoms with van der Waals surface area (Å²) in [7, 11) is 0. The van der Waals surface area contributed by atoms with Gasteiger partial charge in [-0.05, 0) is 56.6 Å². The Kier molecular flexibility index (Phi) is 2.86. The SMILES string of the molecule is c1ccc(-c2cccc3ccc4cc5ccccc5cc4c23)nc1. The lowest BCUT2D eigenvalue weighted by Gasteiger charge is -2.11. The van der Waals surface area contributed by atoms with E-state index < -0.39 is 0 Å². The van der Waals surface area contributed by atoms with Crippen molar-refractivity contribution in [3.63, 3.8) is 0 Å². The van der Waals surface area contributed by atoms with Gasteiger partial charge < -0.3 is 0 Å². The average Bonchev–Trinajstić information content (AvgIpc) is 2.66. The van der Waals surface area contributed by atoms with Crippen LogP contribution >= 0.6 is 0 Å². The van der Waals surface area contributed by atoms with Crippen molar-refractivity contribution in [3.8, 4) is 11.3 Å². The van der Waals surface area contributed by atoms with Crippen LogP contribution in [0.1, 0.15) is 0 Å². The molecule has 0 amide bonds. The zero-order valence-corrected chi connectivity index (χ0v) is 13.1. The Morgan fingerprint density at radius 2 is 1.29 bits per heavy atom. The Labute approximate surface area is 140 Å². The molecular formula is C23H15N. The van der Waals surface area contributed by atoms with E-state index in [1.165, 1.54) is 37.9 Å². The fourth-order valence-corrected chi connectivity index (χ4v) is 3.54. The highest BCUT2D eigenvalue weighted by Gasteiger charge is 2.09. The van der Waals surface area contributed by atoms with Gasteiger partial charge in [-0.3, -0.25) is 4.98 Å². The predicted molar refractivity (Wildman–Crippen MR) is 102 cm³/mol. The number of hydrogen-bond acceptors (Lipinski definition) is 1. The summed E-state index contributed by atoms with van der Waals surface area (Å²) in [6.45, 7) is 0. The molecule has 0 saturated heterocycles. The molecule has 0 bridgehead atoms. The Balaban J connectivity index is 1.97. The van der Waals surface area contributed by atoms with Gasteiger partial charge in [0.05, 0.1) is 5.69 Å². The number of aromatic nitrogens is 1. The van der Waals surface area contributed by atoms with Gasteiger partial charge in [0.2, 0.25) is 0 Å². The lowest BCUT2D eigenvalue weighted by atomic mass is 9.94. The van der Waals surface area contributed by atoms with Crippen LogP contribution in [-0.4, -0.2) is 4.98 Å². The zero-order chi connectivity index (χ0) is 15.9. The standard InChI is InChI=1S/C23H15N/c1-2-7-18-15-21-19(14-17(18)6-1)12-11-16-8-5-9-20(23(16)21)22-10-3-4-13-24-22/h1-15H. The van der Waals surface area contributed by atoms with Crippen molar-refractivity contribution in [3.05, 3.63) is 91.1 Å². The number of hydrogen-bond donors (Lipinski definition) is 0. The number of pyridine rings is 1. The predicted octanol–water partition coefficient (Wildman–Crippen LogP) is 6.21. The van der Waals surface area contributed by atoms with Crippen LogP contribution in [0.25, 0.3) is 43.6 Å². The Bertz CT molecular complexity index is 1190. The molecule has 4 aromatic carbocycles.